The highest BCUT2D eigenvalue weighted by molar-refractivity contribution is 5.76. The fraction of sp³-hybridized carbons (Fsp3) is 0.400. The van der Waals surface area contributed by atoms with E-state index in [0.717, 1.165) is 50.5 Å². The molecular weight excluding hydrogens is 346 g/mol. The maximum Gasteiger partial charge on any atom is 0.231 e. The second kappa shape index (κ2) is 7.84. The summed E-state index contributed by atoms with van der Waals surface area (Å²) in [7, 11) is 0. The van der Waals surface area contributed by atoms with Gasteiger partial charge in [-0.1, -0.05) is 6.07 Å². The summed E-state index contributed by atoms with van der Waals surface area (Å²) in [5.41, 5.74) is 1.80. The fourth-order valence-corrected chi connectivity index (χ4v) is 3.57. The highest BCUT2D eigenvalue weighted by Gasteiger charge is 2.22. The molecule has 0 bridgehead atoms. The number of carbonyl (C=O) groups is 2. The Morgan fingerprint density at radius 3 is 2.70 bits per heavy atom. The number of aldehydes is 1. The largest absolute Gasteiger partial charge is 0.454 e. The van der Waals surface area contributed by atoms with Crippen LogP contribution in [0.15, 0.2) is 36.5 Å². The minimum atomic E-state index is 0.142. The third kappa shape index (κ3) is 3.98. The summed E-state index contributed by atoms with van der Waals surface area (Å²) in [6, 6.07) is 9.62. The molecule has 27 heavy (non-hydrogen) atoms. The molecule has 0 N–H and O–H groups in total. The van der Waals surface area contributed by atoms with Gasteiger partial charge in [0.15, 0.2) is 17.8 Å². The first kappa shape index (κ1) is 17.6. The van der Waals surface area contributed by atoms with Crippen LogP contribution in [-0.2, 0) is 17.9 Å². The van der Waals surface area contributed by atoms with Crippen molar-refractivity contribution in [2.24, 2.45) is 0 Å². The smallest absolute Gasteiger partial charge is 0.231 e. The van der Waals surface area contributed by atoms with Crippen molar-refractivity contribution in [2.45, 2.75) is 19.5 Å². The Morgan fingerprint density at radius 1 is 1.07 bits per heavy atom. The molecule has 7 nitrogen and oxygen atoms in total. The van der Waals surface area contributed by atoms with Gasteiger partial charge in [-0.25, -0.2) is 0 Å². The number of benzene rings is 1. The molecule has 2 aliphatic rings. The second-order valence-corrected chi connectivity index (χ2v) is 6.84. The Balaban J connectivity index is 1.25. The molecule has 0 unspecified atom stereocenters. The Hall–Kier alpha value is -2.80. The number of fused-ring (bicyclic) bond motifs is 1. The topological polar surface area (TPSA) is 64.0 Å². The molecule has 142 valence electrons. The molecule has 0 atom stereocenters. The monoisotopic (exact) mass is 369 g/mol. The maximum absolute atomic E-state index is 12.5. The summed E-state index contributed by atoms with van der Waals surface area (Å²) in [6.45, 7) is 4.83. The van der Waals surface area contributed by atoms with Crippen LogP contribution in [0.1, 0.15) is 22.5 Å². The van der Waals surface area contributed by atoms with Gasteiger partial charge in [0.1, 0.15) is 0 Å². The Bertz CT molecular complexity index is 824. The van der Waals surface area contributed by atoms with Crippen LogP contribution in [0.2, 0.25) is 0 Å². The van der Waals surface area contributed by atoms with Crippen molar-refractivity contribution in [3.63, 3.8) is 0 Å². The standard InChI is InChI=1S/C20H23N3O4/c24-14-17-2-1-6-22(17)7-5-20(25)23-10-8-21(9-11-23)13-16-3-4-18-19(12-16)27-15-26-18/h1-4,6,12,14H,5,7-11,13,15H2. The van der Waals surface area contributed by atoms with E-state index in [1.807, 2.05) is 33.9 Å². The van der Waals surface area contributed by atoms with Crippen LogP contribution in [0.3, 0.4) is 0 Å². The molecule has 0 aliphatic carbocycles. The number of amides is 1. The summed E-state index contributed by atoms with van der Waals surface area (Å²) in [5.74, 6) is 1.75. The Morgan fingerprint density at radius 2 is 1.89 bits per heavy atom. The van der Waals surface area contributed by atoms with Crippen molar-refractivity contribution < 1.29 is 19.1 Å². The first-order valence-corrected chi connectivity index (χ1v) is 9.22. The first-order chi connectivity index (χ1) is 13.2. The first-order valence-electron chi connectivity index (χ1n) is 9.22. The summed E-state index contributed by atoms with van der Waals surface area (Å²) in [5, 5.41) is 0. The zero-order valence-corrected chi connectivity index (χ0v) is 15.2. The number of hydrogen-bond acceptors (Lipinski definition) is 5. The van der Waals surface area contributed by atoms with Crippen molar-refractivity contribution in [3.8, 4) is 11.5 Å². The van der Waals surface area contributed by atoms with Gasteiger partial charge >= 0.3 is 0 Å². The molecule has 3 heterocycles. The minimum absolute atomic E-state index is 0.142. The lowest BCUT2D eigenvalue weighted by Crippen LogP contribution is -2.48. The molecule has 1 amide bonds. The normalized spacial score (nSPS) is 16.5. The minimum Gasteiger partial charge on any atom is -0.454 e. The van der Waals surface area contributed by atoms with E-state index in [4.69, 9.17) is 9.47 Å². The van der Waals surface area contributed by atoms with Gasteiger partial charge in [0, 0.05) is 51.9 Å². The lowest BCUT2D eigenvalue weighted by Gasteiger charge is -2.35. The summed E-state index contributed by atoms with van der Waals surface area (Å²) in [6.07, 6.45) is 3.07. The average molecular weight is 369 g/mol. The van der Waals surface area contributed by atoms with Crippen LogP contribution in [0.4, 0.5) is 0 Å². The molecule has 2 aromatic rings. The van der Waals surface area contributed by atoms with Gasteiger partial charge in [-0.3, -0.25) is 14.5 Å². The van der Waals surface area contributed by atoms with Gasteiger partial charge in [-0.2, -0.15) is 0 Å². The summed E-state index contributed by atoms with van der Waals surface area (Å²) in [4.78, 5) is 27.7. The van der Waals surface area contributed by atoms with Crippen LogP contribution < -0.4 is 9.47 Å². The Labute approximate surface area is 158 Å². The fourth-order valence-electron chi connectivity index (χ4n) is 3.57. The van der Waals surface area contributed by atoms with Crippen molar-refractivity contribution in [3.05, 3.63) is 47.8 Å². The summed E-state index contributed by atoms with van der Waals surface area (Å²) >= 11 is 0. The van der Waals surface area contributed by atoms with Crippen LogP contribution in [-0.4, -0.2) is 59.5 Å². The van der Waals surface area contributed by atoms with E-state index in [2.05, 4.69) is 11.0 Å². The number of carbonyl (C=O) groups excluding carboxylic acids is 2. The average Bonchev–Trinajstić information content (AvgIpc) is 3.35. The highest BCUT2D eigenvalue weighted by Crippen LogP contribution is 2.32. The van der Waals surface area contributed by atoms with Crippen LogP contribution in [0.25, 0.3) is 0 Å². The zero-order chi connectivity index (χ0) is 18.6. The molecule has 0 spiro atoms. The molecule has 1 aromatic carbocycles. The van der Waals surface area contributed by atoms with E-state index < -0.39 is 0 Å². The van der Waals surface area contributed by atoms with Gasteiger partial charge < -0.3 is 18.9 Å². The molecule has 7 heteroatoms. The Kier molecular flexibility index (Phi) is 5.11. The van der Waals surface area contributed by atoms with Gasteiger partial charge in [0.05, 0.1) is 5.69 Å². The number of ether oxygens (including phenoxy) is 2. The zero-order valence-electron chi connectivity index (χ0n) is 15.2. The van der Waals surface area contributed by atoms with E-state index in [1.54, 1.807) is 6.07 Å². The van der Waals surface area contributed by atoms with E-state index in [9.17, 15) is 9.59 Å². The van der Waals surface area contributed by atoms with Crippen molar-refractivity contribution in [1.29, 1.82) is 0 Å². The lowest BCUT2D eigenvalue weighted by molar-refractivity contribution is -0.133. The molecule has 0 saturated carbocycles. The third-order valence-electron chi connectivity index (χ3n) is 5.12. The number of piperazine rings is 1. The van der Waals surface area contributed by atoms with Crippen LogP contribution >= 0.6 is 0 Å². The number of hydrogen-bond donors (Lipinski definition) is 0. The number of nitrogens with zero attached hydrogens (tertiary/aromatic N) is 3. The highest BCUT2D eigenvalue weighted by atomic mass is 16.7. The van der Waals surface area contributed by atoms with Crippen molar-refractivity contribution >= 4 is 12.2 Å². The van der Waals surface area contributed by atoms with Crippen LogP contribution in [0.5, 0.6) is 11.5 Å². The van der Waals surface area contributed by atoms with E-state index in [0.29, 0.717) is 18.7 Å². The molecule has 2 aliphatic heterocycles. The van der Waals surface area contributed by atoms with Gasteiger partial charge in [0.2, 0.25) is 12.7 Å². The van der Waals surface area contributed by atoms with Crippen molar-refractivity contribution in [1.82, 2.24) is 14.4 Å². The maximum atomic E-state index is 12.5. The SMILES string of the molecule is O=Cc1cccn1CCC(=O)N1CCN(Cc2ccc3c(c2)OCO3)CC1. The molecule has 1 aromatic heterocycles. The molecule has 1 saturated heterocycles. The third-order valence-corrected chi connectivity index (χ3v) is 5.12. The van der Waals surface area contributed by atoms with E-state index in [1.165, 1.54) is 5.56 Å². The molecule has 0 radical (unpaired) electrons. The lowest BCUT2D eigenvalue weighted by atomic mass is 10.1. The number of rotatable bonds is 6. The van der Waals surface area contributed by atoms with Gasteiger partial charge in [-0.15, -0.1) is 0 Å². The number of aromatic nitrogens is 1. The molecule has 1 fully saturated rings. The predicted molar refractivity (Wildman–Crippen MR) is 98.9 cm³/mol. The second-order valence-electron chi connectivity index (χ2n) is 6.84. The van der Waals surface area contributed by atoms with E-state index >= 15 is 0 Å². The van der Waals surface area contributed by atoms with Gasteiger partial charge in [-0.05, 0) is 29.8 Å². The van der Waals surface area contributed by atoms with Gasteiger partial charge in [0.25, 0.3) is 0 Å². The summed E-state index contributed by atoms with van der Waals surface area (Å²) < 4.78 is 12.6. The van der Waals surface area contributed by atoms with Crippen LogP contribution in [0, 0.1) is 0 Å². The predicted octanol–water partition coefficient (Wildman–Crippen LogP) is 1.76. The molecule has 4 rings (SSSR count). The number of aryl methyl sites for hydroxylation is 1. The quantitative estimate of drug-likeness (QED) is 0.726. The van der Waals surface area contributed by atoms with E-state index in [-0.39, 0.29) is 12.7 Å². The molecular formula is C20H23N3O4. The van der Waals surface area contributed by atoms with Crippen molar-refractivity contribution in [2.75, 3.05) is 33.0 Å².